The number of amides is 1. The molecule has 132 valence electrons. The zero-order valence-corrected chi connectivity index (χ0v) is 14.3. The minimum atomic E-state index is -0.998. The number of hydrogen-bond donors (Lipinski definition) is 1. The van der Waals surface area contributed by atoms with Crippen LogP contribution >= 0.6 is 0 Å². The fraction of sp³-hybridized carbons (Fsp3) is 0.706. The van der Waals surface area contributed by atoms with Crippen LogP contribution in [0.5, 0.6) is 0 Å². The number of piperidine rings is 1. The molecule has 3 heterocycles. The van der Waals surface area contributed by atoms with Gasteiger partial charge in [0.05, 0.1) is 11.9 Å². The SMILES string of the molecule is CC1(C)CC(C(=O)N2CCC(C(=O)O)(n3ccnc3)CC2)CCO1. The maximum atomic E-state index is 12.8. The van der Waals surface area contributed by atoms with E-state index in [2.05, 4.69) is 4.98 Å². The first-order chi connectivity index (χ1) is 11.3. The van der Waals surface area contributed by atoms with Gasteiger partial charge < -0.3 is 19.3 Å². The molecule has 2 aliphatic heterocycles. The molecular formula is C17H25N3O4. The van der Waals surface area contributed by atoms with Crippen LogP contribution in [-0.2, 0) is 19.9 Å². The highest BCUT2D eigenvalue weighted by atomic mass is 16.5. The largest absolute Gasteiger partial charge is 0.479 e. The van der Waals surface area contributed by atoms with Crippen molar-refractivity contribution in [2.75, 3.05) is 19.7 Å². The number of hydrogen-bond acceptors (Lipinski definition) is 4. The molecule has 24 heavy (non-hydrogen) atoms. The first-order valence-electron chi connectivity index (χ1n) is 8.49. The topological polar surface area (TPSA) is 84.7 Å². The van der Waals surface area contributed by atoms with Crippen LogP contribution in [0.25, 0.3) is 0 Å². The zero-order chi connectivity index (χ0) is 17.4. The third-order valence-electron chi connectivity index (χ3n) is 5.35. The normalized spacial score (nSPS) is 26.1. The molecule has 0 aromatic carbocycles. The Labute approximate surface area is 141 Å². The van der Waals surface area contributed by atoms with Crippen molar-refractivity contribution in [2.24, 2.45) is 5.92 Å². The smallest absolute Gasteiger partial charge is 0.330 e. The highest BCUT2D eigenvalue weighted by Crippen LogP contribution is 2.34. The number of likely N-dealkylation sites (tertiary alicyclic amines) is 1. The first kappa shape index (κ1) is 17.0. The van der Waals surface area contributed by atoms with E-state index in [0.717, 1.165) is 6.42 Å². The molecule has 7 nitrogen and oxygen atoms in total. The number of ether oxygens (including phenoxy) is 1. The number of nitrogens with zero attached hydrogens (tertiary/aromatic N) is 3. The van der Waals surface area contributed by atoms with E-state index in [1.165, 1.54) is 0 Å². The van der Waals surface area contributed by atoms with Gasteiger partial charge in [0, 0.05) is 38.0 Å². The fourth-order valence-electron chi connectivity index (χ4n) is 3.89. The number of aromatic nitrogens is 2. The number of carboxylic acid groups (broad SMARTS) is 1. The van der Waals surface area contributed by atoms with E-state index in [1.807, 2.05) is 18.7 Å². The predicted octanol–water partition coefficient (Wildman–Crippen LogP) is 1.49. The van der Waals surface area contributed by atoms with Crippen molar-refractivity contribution < 1.29 is 19.4 Å². The van der Waals surface area contributed by atoms with Crippen molar-refractivity contribution in [1.29, 1.82) is 0 Å². The van der Waals surface area contributed by atoms with Crippen molar-refractivity contribution in [3.05, 3.63) is 18.7 Å². The number of carboxylic acids is 1. The Balaban J connectivity index is 1.68. The van der Waals surface area contributed by atoms with E-state index in [-0.39, 0.29) is 17.4 Å². The summed E-state index contributed by atoms with van der Waals surface area (Å²) in [6.45, 7) is 5.54. The highest BCUT2D eigenvalue weighted by Gasteiger charge is 2.45. The molecule has 0 radical (unpaired) electrons. The molecule has 1 N–H and O–H groups in total. The lowest BCUT2D eigenvalue weighted by Crippen LogP contribution is -2.53. The van der Waals surface area contributed by atoms with Gasteiger partial charge in [0.1, 0.15) is 5.54 Å². The van der Waals surface area contributed by atoms with Crippen molar-refractivity contribution in [3.63, 3.8) is 0 Å². The van der Waals surface area contributed by atoms with Crippen LogP contribution in [-0.4, -0.2) is 56.7 Å². The van der Waals surface area contributed by atoms with E-state index in [1.54, 1.807) is 23.3 Å². The monoisotopic (exact) mass is 335 g/mol. The summed E-state index contributed by atoms with van der Waals surface area (Å²) < 4.78 is 7.35. The average Bonchev–Trinajstić information content (AvgIpc) is 3.08. The van der Waals surface area contributed by atoms with E-state index in [0.29, 0.717) is 39.0 Å². The molecule has 2 fully saturated rings. The summed E-state index contributed by atoms with van der Waals surface area (Å²) >= 11 is 0. The van der Waals surface area contributed by atoms with Gasteiger partial charge in [-0.1, -0.05) is 0 Å². The number of imidazole rings is 1. The molecule has 7 heteroatoms. The molecule has 1 unspecified atom stereocenters. The van der Waals surface area contributed by atoms with Gasteiger partial charge in [-0.25, -0.2) is 9.78 Å². The van der Waals surface area contributed by atoms with E-state index in [9.17, 15) is 14.7 Å². The van der Waals surface area contributed by atoms with Crippen molar-refractivity contribution in [3.8, 4) is 0 Å². The Bertz CT molecular complexity index is 603. The Morgan fingerprint density at radius 1 is 1.29 bits per heavy atom. The molecule has 1 aromatic heterocycles. The number of carbonyl (C=O) groups is 2. The molecule has 0 aliphatic carbocycles. The third kappa shape index (κ3) is 3.05. The van der Waals surface area contributed by atoms with Crippen LogP contribution in [0.15, 0.2) is 18.7 Å². The van der Waals surface area contributed by atoms with Crippen molar-refractivity contribution in [2.45, 2.75) is 50.7 Å². The van der Waals surface area contributed by atoms with Gasteiger partial charge in [-0.05, 0) is 39.5 Å². The lowest BCUT2D eigenvalue weighted by molar-refractivity contribution is -0.156. The minimum Gasteiger partial charge on any atom is -0.479 e. The summed E-state index contributed by atoms with van der Waals surface area (Å²) in [6, 6.07) is 0. The van der Waals surface area contributed by atoms with Gasteiger partial charge in [-0.2, -0.15) is 0 Å². The molecule has 1 aromatic rings. The van der Waals surface area contributed by atoms with Gasteiger partial charge in [0.15, 0.2) is 0 Å². The lowest BCUT2D eigenvalue weighted by Gasteiger charge is -2.42. The third-order valence-corrected chi connectivity index (χ3v) is 5.35. The summed E-state index contributed by atoms with van der Waals surface area (Å²) in [5, 5.41) is 9.73. The molecule has 1 atom stereocenters. The summed E-state index contributed by atoms with van der Waals surface area (Å²) in [5.41, 5.74) is -1.27. The number of rotatable bonds is 3. The molecular weight excluding hydrogens is 310 g/mol. The number of aliphatic carboxylic acids is 1. The standard InChI is InChI=1S/C17H25N3O4/c1-16(2)11-13(3-10-24-16)14(21)19-7-4-17(5-8-19,15(22)23)20-9-6-18-12-20/h6,9,12-13H,3-5,7-8,10-11H2,1-2H3,(H,22,23). The van der Waals surface area contributed by atoms with Crippen LogP contribution in [0.2, 0.25) is 0 Å². The van der Waals surface area contributed by atoms with Gasteiger partial charge in [0.2, 0.25) is 5.91 Å². The average molecular weight is 335 g/mol. The summed E-state index contributed by atoms with van der Waals surface area (Å²) in [5.74, 6) is -0.755. The predicted molar refractivity (Wildman–Crippen MR) is 86.4 cm³/mol. The Morgan fingerprint density at radius 2 is 2.00 bits per heavy atom. The van der Waals surface area contributed by atoms with Crippen molar-refractivity contribution in [1.82, 2.24) is 14.5 Å². The van der Waals surface area contributed by atoms with Crippen molar-refractivity contribution >= 4 is 11.9 Å². The summed E-state index contributed by atoms with van der Waals surface area (Å²) in [7, 11) is 0. The molecule has 0 spiro atoms. The van der Waals surface area contributed by atoms with Crippen LogP contribution in [0.4, 0.5) is 0 Å². The van der Waals surface area contributed by atoms with Gasteiger partial charge in [-0.3, -0.25) is 4.79 Å². The fourth-order valence-corrected chi connectivity index (χ4v) is 3.89. The molecule has 2 saturated heterocycles. The second-order valence-electron chi connectivity index (χ2n) is 7.43. The summed E-state index contributed by atoms with van der Waals surface area (Å²) in [6.07, 6.45) is 7.08. The van der Waals surface area contributed by atoms with E-state index >= 15 is 0 Å². The maximum absolute atomic E-state index is 12.8. The quantitative estimate of drug-likeness (QED) is 0.905. The molecule has 3 rings (SSSR count). The molecule has 0 saturated carbocycles. The van der Waals surface area contributed by atoms with Crippen LogP contribution in [0, 0.1) is 5.92 Å². The van der Waals surface area contributed by atoms with Crippen LogP contribution in [0.3, 0.4) is 0 Å². The van der Waals surface area contributed by atoms with E-state index < -0.39 is 11.5 Å². The lowest BCUT2D eigenvalue weighted by atomic mass is 9.84. The Hall–Kier alpha value is -1.89. The maximum Gasteiger partial charge on any atom is 0.330 e. The van der Waals surface area contributed by atoms with Crippen LogP contribution in [0.1, 0.15) is 39.5 Å². The van der Waals surface area contributed by atoms with Gasteiger partial charge >= 0.3 is 5.97 Å². The molecule has 2 aliphatic rings. The highest BCUT2D eigenvalue weighted by molar-refractivity contribution is 5.81. The Kier molecular flexibility index (Phi) is 4.38. The van der Waals surface area contributed by atoms with Crippen LogP contribution < -0.4 is 0 Å². The summed E-state index contributed by atoms with van der Waals surface area (Å²) in [4.78, 5) is 30.5. The van der Waals surface area contributed by atoms with Gasteiger partial charge in [0.25, 0.3) is 0 Å². The Morgan fingerprint density at radius 3 is 2.54 bits per heavy atom. The molecule has 1 amide bonds. The first-order valence-corrected chi connectivity index (χ1v) is 8.49. The second kappa shape index (κ2) is 6.20. The van der Waals surface area contributed by atoms with Gasteiger partial charge in [-0.15, -0.1) is 0 Å². The second-order valence-corrected chi connectivity index (χ2v) is 7.43. The van der Waals surface area contributed by atoms with E-state index in [4.69, 9.17) is 4.74 Å². The minimum absolute atomic E-state index is 0.0284. The zero-order valence-electron chi connectivity index (χ0n) is 14.3. The molecule has 0 bridgehead atoms. The number of carbonyl (C=O) groups excluding carboxylic acids is 1.